The molecule has 0 heterocycles. The van der Waals surface area contributed by atoms with Crippen LogP contribution in [0, 0.1) is 0 Å². The fourth-order valence-corrected chi connectivity index (χ4v) is 10.8. The van der Waals surface area contributed by atoms with Crippen molar-refractivity contribution in [3.63, 3.8) is 0 Å². The van der Waals surface area contributed by atoms with E-state index in [1.807, 2.05) is 21.1 Å². The first-order valence-corrected chi connectivity index (χ1v) is 39.6. The third kappa shape index (κ3) is 78.1. The molecule has 0 saturated carbocycles. The number of nitrogens with zero attached hydrogens (tertiary/aromatic N) is 1. The zero-order valence-electron chi connectivity index (χ0n) is 63.1. The largest absolute Gasteiger partial charge is 0.545 e. The summed E-state index contributed by atoms with van der Waals surface area (Å²) in [6, 6.07) is 0. The third-order valence-corrected chi connectivity index (χ3v) is 16.8. The number of ether oxygens (including phenoxy) is 4. The van der Waals surface area contributed by atoms with Crippen molar-refractivity contribution in [3.05, 3.63) is 158 Å². The van der Waals surface area contributed by atoms with Crippen LogP contribution in [0.25, 0.3) is 0 Å². The molecule has 0 aliphatic heterocycles. The molecule has 0 rings (SSSR count). The maximum atomic E-state index is 13.0. The van der Waals surface area contributed by atoms with Gasteiger partial charge in [-0.1, -0.05) is 345 Å². The molecule has 2 atom stereocenters. The first-order valence-electron chi connectivity index (χ1n) is 39.6. The summed E-state index contributed by atoms with van der Waals surface area (Å²) >= 11 is 0. The molecule has 0 aromatic heterocycles. The van der Waals surface area contributed by atoms with Gasteiger partial charge in [-0.3, -0.25) is 9.59 Å². The van der Waals surface area contributed by atoms with E-state index in [0.29, 0.717) is 17.4 Å². The summed E-state index contributed by atoms with van der Waals surface area (Å²) in [4.78, 5) is 37.6. The van der Waals surface area contributed by atoms with E-state index in [4.69, 9.17) is 18.9 Å². The van der Waals surface area contributed by atoms with E-state index >= 15 is 0 Å². The number of rotatable bonds is 72. The normalized spacial score (nSPS) is 13.5. The van der Waals surface area contributed by atoms with Gasteiger partial charge in [-0.15, -0.1) is 0 Å². The van der Waals surface area contributed by atoms with Crippen LogP contribution in [0.15, 0.2) is 158 Å². The molecular weight excluding hydrogens is 1200 g/mol. The van der Waals surface area contributed by atoms with Gasteiger partial charge in [0, 0.05) is 12.8 Å². The smallest absolute Gasteiger partial charge is 0.306 e. The quantitative estimate of drug-likeness (QED) is 0.0195. The Kier molecular flexibility index (Phi) is 72.6. The minimum absolute atomic E-state index is 0.141. The van der Waals surface area contributed by atoms with Crippen LogP contribution in [0.2, 0.25) is 0 Å². The Balaban J connectivity index is 4.08. The number of esters is 2. The number of carboxylic acid groups (broad SMARTS) is 1. The predicted molar refractivity (Wildman–Crippen MR) is 416 cm³/mol. The highest BCUT2D eigenvalue weighted by molar-refractivity contribution is 5.70. The van der Waals surface area contributed by atoms with E-state index in [1.165, 1.54) is 161 Å². The lowest BCUT2D eigenvalue weighted by Crippen LogP contribution is -2.44. The third-order valence-electron chi connectivity index (χ3n) is 16.8. The van der Waals surface area contributed by atoms with E-state index in [0.717, 1.165) is 128 Å². The lowest BCUT2D eigenvalue weighted by molar-refractivity contribution is -0.870. The lowest BCUT2D eigenvalue weighted by Gasteiger charge is -2.26. The summed E-state index contributed by atoms with van der Waals surface area (Å²) in [6.45, 7) is 4.53. The van der Waals surface area contributed by atoms with Crippen LogP contribution in [-0.2, 0) is 33.3 Å². The van der Waals surface area contributed by atoms with Gasteiger partial charge in [-0.05, 0) is 122 Å². The highest BCUT2D eigenvalue weighted by Crippen LogP contribution is 2.18. The minimum Gasteiger partial charge on any atom is -0.545 e. The van der Waals surface area contributed by atoms with E-state index in [-0.39, 0.29) is 38.6 Å². The average molecular weight is 1350 g/mol. The van der Waals surface area contributed by atoms with Crippen LogP contribution < -0.4 is 5.11 Å². The maximum absolute atomic E-state index is 13.0. The van der Waals surface area contributed by atoms with Crippen molar-refractivity contribution in [2.24, 2.45) is 0 Å². The molecule has 2 unspecified atom stereocenters. The number of likely N-dealkylation sites (N-methyl/N-ethyl adjacent to an activating group) is 1. The highest BCUT2D eigenvalue weighted by Gasteiger charge is 2.22. The van der Waals surface area contributed by atoms with E-state index in [2.05, 4.69) is 172 Å². The van der Waals surface area contributed by atoms with E-state index < -0.39 is 24.3 Å². The molecule has 552 valence electrons. The van der Waals surface area contributed by atoms with Gasteiger partial charge in [-0.2, -0.15) is 0 Å². The van der Waals surface area contributed by atoms with Crippen LogP contribution in [0.4, 0.5) is 0 Å². The van der Waals surface area contributed by atoms with Crippen molar-refractivity contribution in [3.8, 4) is 0 Å². The molecule has 0 aromatic rings. The number of allylic oxidation sites excluding steroid dienone is 26. The zero-order valence-corrected chi connectivity index (χ0v) is 63.1. The Morgan fingerprint density at radius 1 is 0.309 bits per heavy atom. The van der Waals surface area contributed by atoms with Crippen molar-refractivity contribution < 1.29 is 42.9 Å². The van der Waals surface area contributed by atoms with Crippen LogP contribution in [0.1, 0.15) is 322 Å². The maximum Gasteiger partial charge on any atom is 0.306 e. The Hall–Kier alpha value is -5.09. The molecule has 0 amide bonds. The molecule has 9 heteroatoms. The predicted octanol–water partition coefficient (Wildman–Crippen LogP) is 24.3. The zero-order chi connectivity index (χ0) is 70.4. The Labute approximate surface area is 597 Å². The number of aliphatic carboxylic acids is 1. The fourth-order valence-electron chi connectivity index (χ4n) is 10.8. The van der Waals surface area contributed by atoms with Crippen LogP contribution in [0.3, 0.4) is 0 Å². The summed E-state index contributed by atoms with van der Waals surface area (Å²) < 4.78 is 22.9. The molecule has 0 radical (unpaired) electrons. The number of quaternary nitrogens is 1. The van der Waals surface area contributed by atoms with Crippen LogP contribution in [-0.4, -0.2) is 82.3 Å². The number of hydrogen-bond acceptors (Lipinski definition) is 8. The highest BCUT2D eigenvalue weighted by atomic mass is 16.7. The van der Waals surface area contributed by atoms with Gasteiger partial charge in [0.2, 0.25) is 0 Å². The second kappa shape index (κ2) is 76.7. The molecule has 0 spiro atoms. The first kappa shape index (κ1) is 91.9. The summed E-state index contributed by atoms with van der Waals surface area (Å²) in [5, 5.41) is 11.9. The van der Waals surface area contributed by atoms with Gasteiger partial charge in [0.1, 0.15) is 13.2 Å². The van der Waals surface area contributed by atoms with Crippen molar-refractivity contribution in [1.29, 1.82) is 0 Å². The van der Waals surface area contributed by atoms with Gasteiger partial charge in [-0.25, -0.2) is 0 Å². The monoisotopic (exact) mass is 1350 g/mol. The van der Waals surface area contributed by atoms with Crippen molar-refractivity contribution in [2.75, 3.05) is 47.5 Å². The molecule has 9 nitrogen and oxygen atoms in total. The molecule has 0 aliphatic rings. The van der Waals surface area contributed by atoms with Crippen LogP contribution >= 0.6 is 0 Å². The van der Waals surface area contributed by atoms with Gasteiger partial charge in [0.25, 0.3) is 0 Å². The molecule has 0 aliphatic carbocycles. The average Bonchev–Trinajstić information content (AvgIpc) is 3.11. The number of unbranched alkanes of at least 4 members (excludes halogenated alkanes) is 31. The topological polar surface area (TPSA) is 111 Å². The first-order chi connectivity index (χ1) is 47.6. The van der Waals surface area contributed by atoms with E-state index in [1.54, 1.807) is 0 Å². The Morgan fingerprint density at radius 2 is 0.557 bits per heavy atom. The molecule has 0 N–H and O–H groups in total. The van der Waals surface area contributed by atoms with Crippen molar-refractivity contribution in [1.82, 2.24) is 0 Å². The van der Waals surface area contributed by atoms with Gasteiger partial charge < -0.3 is 33.3 Å². The molecule has 0 fully saturated rings. The van der Waals surface area contributed by atoms with E-state index in [9.17, 15) is 19.5 Å². The Morgan fingerprint density at radius 3 is 0.825 bits per heavy atom. The SMILES string of the molecule is CC/C=C\C/C=C\C/C=C\C/C=C\C/C=C\C/C=C\C/C=C\C/C=C\C/C=C\CCCCCCCCCCCC(=O)OC(COC(=O)CCCCCCCCCCCCCCCCCCCCCCCC/C=C\C/C=C\C/C=C\C/C=C\CC)COC(OCC[N+](C)(C)C)C(=O)[O-]. The molecule has 0 saturated heterocycles. The second-order valence-electron chi connectivity index (χ2n) is 27.2. The standard InChI is InChI=1S/C88H147NO8/c1-6-8-10-12-14-16-18-20-22-24-26-28-30-32-34-36-38-40-42-43-45-47-49-51-53-55-57-59-61-63-65-67-69-71-73-75-77-79-86(91)97-84(83-96-88(87(92)93)94-81-80-89(3,4)5)82-95-85(90)78-76-74-72-70-68-66-64-62-60-58-56-54-52-50-48-46-44-41-39-37-35-33-31-29-27-25-23-21-19-17-15-13-11-9-7-2/h8-11,14-17,20-23,26-29,32,34,38,40,43,45,49,51,55,57,84,88H,6-7,12-13,18-19,24-25,30-31,33,35-37,39,41-42,44,46-48,50,52-54,56,58-83H2,1-5H3/b10-8-,11-9-,16-14-,17-15-,22-20-,23-21-,28-26-,29-27-,34-32-,40-38-,45-43-,51-49-,57-55-. The summed E-state index contributed by atoms with van der Waals surface area (Å²) in [5.41, 5.74) is 0. The van der Waals surface area contributed by atoms with Crippen LogP contribution in [0.5, 0.6) is 0 Å². The number of hydrogen-bond donors (Lipinski definition) is 0. The van der Waals surface area contributed by atoms with Gasteiger partial charge in [0.05, 0.1) is 40.3 Å². The minimum atomic E-state index is -1.63. The summed E-state index contributed by atoms with van der Waals surface area (Å²) in [6.07, 6.45) is 111. The number of carbonyl (C=O) groups is 3. The fraction of sp³-hybridized carbons (Fsp3) is 0.670. The molecule has 97 heavy (non-hydrogen) atoms. The number of carbonyl (C=O) groups excluding carboxylic acids is 3. The van der Waals surface area contributed by atoms with Gasteiger partial charge >= 0.3 is 11.9 Å². The van der Waals surface area contributed by atoms with Crippen molar-refractivity contribution >= 4 is 17.9 Å². The summed E-state index contributed by atoms with van der Waals surface area (Å²) in [7, 11) is 5.93. The molecule has 0 bridgehead atoms. The van der Waals surface area contributed by atoms with Gasteiger partial charge in [0.15, 0.2) is 12.4 Å². The Bertz CT molecular complexity index is 2160. The number of carboxylic acids is 1. The summed E-state index contributed by atoms with van der Waals surface area (Å²) in [5.74, 6) is -2.29. The second-order valence-corrected chi connectivity index (χ2v) is 27.2. The molecule has 0 aromatic carbocycles. The lowest BCUT2D eigenvalue weighted by atomic mass is 10.0. The molecular formula is C88H147NO8. The van der Waals surface area contributed by atoms with Crippen molar-refractivity contribution in [2.45, 2.75) is 334 Å².